The van der Waals surface area contributed by atoms with Crippen molar-refractivity contribution in [1.29, 1.82) is 0 Å². The summed E-state index contributed by atoms with van der Waals surface area (Å²) in [7, 11) is 2.82. The molecule has 76 valence electrons. The van der Waals surface area contributed by atoms with Gasteiger partial charge in [-0.1, -0.05) is 0 Å². The number of rotatable bonds is 3. The first-order valence-electron chi connectivity index (χ1n) is 3.73. The second-order valence-corrected chi connectivity index (χ2v) is 3.25. The van der Waals surface area contributed by atoms with Gasteiger partial charge in [0.2, 0.25) is 0 Å². The minimum Gasteiger partial charge on any atom is -0.465 e. The van der Waals surface area contributed by atoms with Crippen LogP contribution in [0.3, 0.4) is 0 Å². The molecule has 0 fully saturated rings. The number of pyridine rings is 1. The highest BCUT2D eigenvalue weighted by molar-refractivity contribution is 7.94. The molecule has 2 N–H and O–H groups in total. The summed E-state index contributed by atoms with van der Waals surface area (Å²) in [5.41, 5.74) is 6.34. The van der Waals surface area contributed by atoms with Crippen LogP contribution in [0.4, 0.5) is 5.69 Å². The molecule has 0 bridgehead atoms. The number of anilines is 1. The van der Waals surface area contributed by atoms with E-state index in [0.29, 0.717) is 16.3 Å². The molecule has 0 saturated heterocycles. The van der Waals surface area contributed by atoms with Crippen LogP contribution >= 0.6 is 12.0 Å². The lowest BCUT2D eigenvalue weighted by molar-refractivity contribution is 0.0600. The van der Waals surface area contributed by atoms with Crippen molar-refractivity contribution in [3.05, 3.63) is 17.8 Å². The van der Waals surface area contributed by atoms with Crippen molar-refractivity contribution in [1.82, 2.24) is 4.98 Å². The lowest BCUT2D eigenvalue weighted by atomic mass is 10.3. The molecule has 0 amide bonds. The molecule has 0 unspecified atom stereocenters. The molecule has 0 radical (unpaired) electrons. The van der Waals surface area contributed by atoms with Crippen LogP contribution in [0.5, 0.6) is 0 Å². The Bertz CT molecular complexity index is 343. The SMILES string of the molecule is COSc1ncc(C(=O)OC)cc1N. The van der Waals surface area contributed by atoms with E-state index in [2.05, 4.69) is 9.72 Å². The van der Waals surface area contributed by atoms with Gasteiger partial charge in [0.1, 0.15) is 5.03 Å². The monoisotopic (exact) mass is 214 g/mol. The summed E-state index contributed by atoms with van der Waals surface area (Å²) in [4.78, 5) is 15.0. The third kappa shape index (κ3) is 2.36. The normalized spacial score (nSPS) is 9.86. The van der Waals surface area contributed by atoms with Crippen LogP contribution in [0.1, 0.15) is 10.4 Å². The summed E-state index contributed by atoms with van der Waals surface area (Å²) in [6.45, 7) is 0. The van der Waals surface area contributed by atoms with E-state index in [4.69, 9.17) is 9.92 Å². The van der Waals surface area contributed by atoms with Crippen molar-refractivity contribution in [3.8, 4) is 0 Å². The predicted molar refractivity (Wildman–Crippen MR) is 52.9 cm³/mol. The second-order valence-electron chi connectivity index (χ2n) is 2.36. The maximum Gasteiger partial charge on any atom is 0.339 e. The van der Waals surface area contributed by atoms with Crippen molar-refractivity contribution in [2.45, 2.75) is 5.03 Å². The van der Waals surface area contributed by atoms with Gasteiger partial charge in [0.15, 0.2) is 0 Å². The number of aromatic nitrogens is 1. The number of nitrogens with zero attached hydrogens (tertiary/aromatic N) is 1. The highest BCUT2D eigenvalue weighted by Gasteiger charge is 2.09. The highest BCUT2D eigenvalue weighted by Crippen LogP contribution is 2.23. The number of methoxy groups -OCH3 is 1. The lowest BCUT2D eigenvalue weighted by Crippen LogP contribution is -2.04. The van der Waals surface area contributed by atoms with Crippen molar-refractivity contribution >= 4 is 23.7 Å². The third-order valence-corrected chi connectivity index (χ3v) is 2.13. The zero-order valence-corrected chi connectivity index (χ0v) is 8.63. The molecular formula is C8H10N2O3S. The molecule has 0 atom stereocenters. The van der Waals surface area contributed by atoms with Gasteiger partial charge in [-0.05, 0) is 6.07 Å². The summed E-state index contributed by atoms with van der Waals surface area (Å²) in [5, 5.41) is 0.528. The van der Waals surface area contributed by atoms with E-state index in [1.54, 1.807) is 0 Å². The largest absolute Gasteiger partial charge is 0.465 e. The molecule has 14 heavy (non-hydrogen) atoms. The fraction of sp³-hybridized carbons (Fsp3) is 0.250. The Morgan fingerprint density at radius 2 is 2.29 bits per heavy atom. The number of hydrogen-bond donors (Lipinski definition) is 1. The summed E-state index contributed by atoms with van der Waals surface area (Å²) in [6.07, 6.45) is 1.39. The average Bonchev–Trinajstić information content (AvgIpc) is 2.20. The fourth-order valence-electron chi connectivity index (χ4n) is 0.847. The Balaban J connectivity index is 2.94. The number of carbonyl (C=O) groups is 1. The maximum absolute atomic E-state index is 11.1. The molecular weight excluding hydrogens is 204 g/mol. The van der Waals surface area contributed by atoms with Gasteiger partial charge < -0.3 is 14.7 Å². The maximum atomic E-state index is 11.1. The summed E-state index contributed by atoms with van der Waals surface area (Å²) in [6, 6.07) is 1.50. The summed E-state index contributed by atoms with van der Waals surface area (Å²) in [5.74, 6) is -0.460. The molecule has 1 aromatic rings. The Morgan fingerprint density at radius 3 is 2.79 bits per heavy atom. The first-order valence-corrected chi connectivity index (χ1v) is 4.47. The number of nitrogens with two attached hydrogens (primary N) is 1. The van der Waals surface area contributed by atoms with Crippen LogP contribution in [0.25, 0.3) is 0 Å². The minimum atomic E-state index is -0.460. The number of nitrogen functional groups attached to an aromatic ring is 1. The van der Waals surface area contributed by atoms with E-state index >= 15 is 0 Å². The van der Waals surface area contributed by atoms with Crippen LogP contribution in [-0.2, 0) is 8.92 Å². The molecule has 6 heteroatoms. The van der Waals surface area contributed by atoms with Crippen molar-refractivity contribution in [2.24, 2.45) is 0 Å². The van der Waals surface area contributed by atoms with Crippen LogP contribution < -0.4 is 5.73 Å². The number of esters is 1. The molecule has 0 aliphatic carbocycles. The lowest BCUT2D eigenvalue weighted by Gasteiger charge is -2.03. The quantitative estimate of drug-likeness (QED) is 0.600. The van der Waals surface area contributed by atoms with Crippen LogP contribution in [-0.4, -0.2) is 25.2 Å². The van der Waals surface area contributed by atoms with Gasteiger partial charge in [0, 0.05) is 6.20 Å². The smallest absolute Gasteiger partial charge is 0.339 e. The highest BCUT2D eigenvalue weighted by atomic mass is 32.2. The van der Waals surface area contributed by atoms with E-state index in [1.165, 1.54) is 26.5 Å². The Hall–Kier alpha value is -1.27. The molecule has 0 aromatic carbocycles. The van der Waals surface area contributed by atoms with Crippen LogP contribution in [0.15, 0.2) is 17.3 Å². The van der Waals surface area contributed by atoms with Gasteiger partial charge in [-0.3, -0.25) is 0 Å². The molecule has 1 aromatic heterocycles. The van der Waals surface area contributed by atoms with Gasteiger partial charge in [-0.25, -0.2) is 9.78 Å². The number of hydrogen-bond acceptors (Lipinski definition) is 6. The number of carbonyl (C=O) groups excluding carboxylic acids is 1. The standard InChI is InChI=1S/C8H10N2O3S/c1-12-8(11)5-3-6(9)7(10-4-5)14-13-2/h3-4H,9H2,1-2H3. The van der Waals surface area contributed by atoms with Crippen LogP contribution in [0.2, 0.25) is 0 Å². The Morgan fingerprint density at radius 1 is 1.57 bits per heavy atom. The van der Waals surface area contributed by atoms with Gasteiger partial charge in [0.05, 0.1) is 37.5 Å². The minimum absolute atomic E-state index is 0.324. The first-order chi connectivity index (χ1) is 6.69. The zero-order chi connectivity index (χ0) is 10.6. The van der Waals surface area contributed by atoms with Crippen molar-refractivity contribution in [3.63, 3.8) is 0 Å². The molecule has 1 heterocycles. The van der Waals surface area contributed by atoms with E-state index in [1.807, 2.05) is 0 Å². The summed E-state index contributed by atoms with van der Waals surface area (Å²) < 4.78 is 9.31. The number of ether oxygens (including phenoxy) is 1. The van der Waals surface area contributed by atoms with Gasteiger partial charge in [-0.2, -0.15) is 0 Å². The molecule has 0 aliphatic heterocycles. The van der Waals surface area contributed by atoms with E-state index < -0.39 is 5.97 Å². The molecule has 5 nitrogen and oxygen atoms in total. The van der Waals surface area contributed by atoms with Crippen LogP contribution in [0, 0.1) is 0 Å². The predicted octanol–water partition coefficient (Wildman–Crippen LogP) is 1.10. The zero-order valence-electron chi connectivity index (χ0n) is 7.81. The van der Waals surface area contributed by atoms with Gasteiger partial charge >= 0.3 is 5.97 Å². The van der Waals surface area contributed by atoms with E-state index in [-0.39, 0.29) is 0 Å². The van der Waals surface area contributed by atoms with Crippen molar-refractivity contribution < 1.29 is 13.7 Å². The fourth-order valence-corrected chi connectivity index (χ4v) is 1.26. The summed E-state index contributed by atoms with van der Waals surface area (Å²) >= 11 is 1.04. The van der Waals surface area contributed by atoms with Gasteiger partial charge in [0.25, 0.3) is 0 Å². The third-order valence-electron chi connectivity index (χ3n) is 1.46. The molecule has 0 aliphatic rings. The molecule has 1 rings (SSSR count). The first kappa shape index (κ1) is 10.8. The van der Waals surface area contributed by atoms with Gasteiger partial charge in [-0.15, -0.1) is 0 Å². The average molecular weight is 214 g/mol. The van der Waals surface area contributed by atoms with E-state index in [0.717, 1.165) is 12.0 Å². The molecule has 0 spiro atoms. The van der Waals surface area contributed by atoms with Crippen molar-refractivity contribution in [2.75, 3.05) is 20.0 Å². The second kappa shape index (κ2) is 4.83. The molecule has 0 saturated carbocycles. The Kier molecular flexibility index (Phi) is 3.73. The topological polar surface area (TPSA) is 74.4 Å². The van der Waals surface area contributed by atoms with E-state index in [9.17, 15) is 4.79 Å². The Labute approximate surface area is 85.8 Å².